The zero-order chi connectivity index (χ0) is 19.8. The number of aryl methyl sites for hydroxylation is 2. The van der Waals surface area contributed by atoms with Gasteiger partial charge in [0.15, 0.2) is 0 Å². The minimum Gasteiger partial charge on any atom is -0.345 e. The Labute approximate surface area is 165 Å². The Bertz CT molecular complexity index is 928. The molecule has 6 nitrogen and oxygen atoms in total. The van der Waals surface area contributed by atoms with Crippen LogP contribution in [0.4, 0.5) is 0 Å². The molecule has 2 heterocycles. The highest BCUT2D eigenvalue weighted by atomic mass is 16.2. The van der Waals surface area contributed by atoms with Crippen molar-refractivity contribution in [2.75, 3.05) is 0 Å². The number of carbonyl (C=O) groups is 2. The van der Waals surface area contributed by atoms with Gasteiger partial charge in [-0.25, -0.2) is 9.97 Å². The van der Waals surface area contributed by atoms with Crippen LogP contribution in [0.1, 0.15) is 66.2 Å². The average molecular weight is 378 g/mol. The third-order valence-electron chi connectivity index (χ3n) is 6.34. The summed E-state index contributed by atoms with van der Waals surface area (Å²) >= 11 is 0. The summed E-state index contributed by atoms with van der Waals surface area (Å²) in [6.45, 7) is 3.71. The molecule has 0 saturated heterocycles. The molecule has 0 radical (unpaired) electrons. The van der Waals surface area contributed by atoms with Gasteiger partial charge in [-0.2, -0.15) is 0 Å². The van der Waals surface area contributed by atoms with E-state index in [2.05, 4.69) is 20.3 Å². The standard InChI is InChI=1S/C22H26N4O2/c1-15-5-3-6-17(24-15)13-19(27)21-8-4-9-22(14-21,11-10-21)26-20(28)18-7-12-23-16(2)25-18/h3,5-7,12H,4,8-11,13-14H2,1-2H3,(H,26,28). The Balaban J connectivity index is 1.49. The van der Waals surface area contributed by atoms with E-state index >= 15 is 0 Å². The summed E-state index contributed by atoms with van der Waals surface area (Å²) in [5.74, 6) is 0.672. The lowest BCUT2D eigenvalue weighted by Crippen LogP contribution is -2.50. The number of fused-ring (bicyclic) bond motifs is 2. The number of Topliss-reactive ketones (excluding diaryl/α,β-unsaturated/α-hetero) is 1. The van der Waals surface area contributed by atoms with Crippen molar-refractivity contribution in [1.29, 1.82) is 0 Å². The SMILES string of the molecule is Cc1cccc(CC(=O)C23CCCC(NC(=O)c4ccnc(C)n4)(CC2)C3)n1. The molecule has 0 aromatic carbocycles. The van der Waals surface area contributed by atoms with Crippen LogP contribution in [-0.2, 0) is 11.2 Å². The van der Waals surface area contributed by atoms with Crippen molar-refractivity contribution in [2.45, 2.75) is 64.3 Å². The molecule has 2 unspecified atom stereocenters. The van der Waals surface area contributed by atoms with Crippen LogP contribution in [0.15, 0.2) is 30.5 Å². The molecule has 2 aromatic heterocycles. The molecule has 0 spiro atoms. The minimum atomic E-state index is -0.335. The Morgan fingerprint density at radius 2 is 1.93 bits per heavy atom. The molecular weight excluding hydrogens is 352 g/mol. The molecule has 6 heteroatoms. The van der Waals surface area contributed by atoms with E-state index in [0.717, 1.165) is 49.9 Å². The summed E-state index contributed by atoms with van der Waals surface area (Å²) in [6, 6.07) is 7.45. The quantitative estimate of drug-likeness (QED) is 0.864. The van der Waals surface area contributed by atoms with Gasteiger partial charge in [0, 0.05) is 35.0 Å². The lowest BCUT2D eigenvalue weighted by atomic mass is 9.69. The first-order valence-corrected chi connectivity index (χ1v) is 9.98. The van der Waals surface area contributed by atoms with Crippen molar-refractivity contribution in [3.63, 3.8) is 0 Å². The first kappa shape index (κ1) is 18.7. The summed E-state index contributed by atoms with van der Waals surface area (Å²) in [5, 5.41) is 3.22. The fourth-order valence-corrected chi connectivity index (χ4v) is 4.98. The van der Waals surface area contributed by atoms with Crippen LogP contribution in [0.3, 0.4) is 0 Å². The number of carbonyl (C=O) groups excluding carboxylic acids is 2. The third kappa shape index (κ3) is 3.55. The highest BCUT2D eigenvalue weighted by molar-refractivity contribution is 5.93. The normalized spacial score (nSPS) is 26.1. The predicted octanol–water partition coefficient (Wildman–Crippen LogP) is 3.12. The summed E-state index contributed by atoms with van der Waals surface area (Å²) in [4.78, 5) is 38.8. The maximum Gasteiger partial charge on any atom is 0.270 e. The van der Waals surface area contributed by atoms with E-state index in [1.807, 2.05) is 25.1 Å². The lowest BCUT2D eigenvalue weighted by molar-refractivity contribution is -0.129. The van der Waals surface area contributed by atoms with Crippen molar-refractivity contribution in [3.05, 3.63) is 53.4 Å². The van der Waals surface area contributed by atoms with Gasteiger partial charge in [-0.15, -0.1) is 0 Å². The Morgan fingerprint density at radius 3 is 2.71 bits per heavy atom. The molecule has 1 N–H and O–H groups in total. The number of nitrogens with one attached hydrogen (secondary N) is 1. The van der Waals surface area contributed by atoms with Gasteiger partial charge < -0.3 is 5.32 Å². The maximum absolute atomic E-state index is 13.2. The molecular formula is C22H26N4O2. The Morgan fingerprint density at radius 1 is 1.07 bits per heavy atom. The molecule has 2 aliphatic carbocycles. The number of amides is 1. The number of ketones is 1. The van der Waals surface area contributed by atoms with Crippen LogP contribution >= 0.6 is 0 Å². The van der Waals surface area contributed by atoms with E-state index in [4.69, 9.17) is 0 Å². The van der Waals surface area contributed by atoms with Crippen LogP contribution < -0.4 is 5.32 Å². The highest BCUT2D eigenvalue weighted by Gasteiger charge is 2.54. The Kier molecular flexibility index (Phi) is 4.73. The van der Waals surface area contributed by atoms with Gasteiger partial charge in [0.1, 0.15) is 17.3 Å². The summed E-state index contributed by atoms with van der Waals surface area (Å²) in [5.41, 5.74) is 1.52. The van der Waals surface area contributed by atoms with Crippen LogP contribution in [-0.4, -0.2) is 32.2 Å². The molecule has 2 aliphatic rings. The zero-order valence-corrected chi connectivity index (χ0v) is 16.5. The van der Waals surface area contributed by atoms with E-state index in [1.54, 1.807) is 19.2 Å². The van der Waals surface area contributed by atoms with Gasteiger partial charge >= 0.3 is 0 Å². The Hall–Kier alpha value is -2.63. The second kappa shape index (κ2) is 7.08. The molecule has 28 heavy (non-hydrogen) atoms. The minimum absolute atomic E-state index is 0.170. The van der Waals surface area contributed by atoms with Crippen LogP contribution in [0.25, 0.3) is 0 Å². The van der Waals surface area contributed by atoms with Crippen molar-refractivity contribution in [3.8, 4) is 0 Å². The van der Waals surface area contributed by atoms with Crippen molar-refractivity contribution >= 4 is 11.7 Å². The zero-order valence-electron chi connectivity index (χ0n) is 16.5. The topological polar surface area (TPSA) is 84.8 Å². The highest BCUT2D eigenvalue weighted by Crippen LogP contribution is 2.54. The first-order chi connectivity index (χ1) is 13.4. The fraction of sp³-hybridized carbons (Fsp3) is 0.500. The number of hydrogen-bond acceptors (Lipinski definition) is 5. The van der Waals surface area contributed by atoms with Crippen LogP contribution in [0.5, 0.6) is 0 Å². The molecule has 4 rings (SSSR count). The largest absolute Gasteiger partial charge is 0.345 e. The average Bonchev–Trinajstić information content (AvgIpc) is 2.93. The van der Waals surface area contributed by atoms with Gasteiger partial charge in [-0.05, 0) is 64.2 Å². The van der Waals surface area contributed by atoms with Crippen LogP contribution in [0, 0.1) is 19.3 Å². The molecule has 146 valence electrons. The molecule has 2 atom stereocenters. The molecule has 1 amide bonds. The second-order valence-corrected chi connectivity index (χ2v) is 8.40. The van der Waals surface area contributed by atoms with Gasteiger partial charge in [0.25, 0.3) is 5.91 Å². The smallest absolute Gasteiger partial charge is 0.270 e. The summed E-state index contributed by atoms with van der Waals surface area (Å²) in [6.07, 6.45) is 7.15. The monoisotopic (exact) mass is 378 g/mol. The maximum atomic E-state index is 13.2. The van der Waals surface area contributed by atoms with E-state index in [1.165, 1.54) is 0 Å². The number of aromatic nitrogens is 3. The van der Waals surface area contributed by atoms with E-state index < -0.39 is 0 Å². The van der Waals surface area contributed by atoms with E-state index in [0.29, 0.717) is 17.9 Å². The van der Waals surface area contributed by atoms with Crippen molar-refractivity contribution < 1.29 is 9.59 Å². The number of hydrogen-bond donors (Lipinski definition) is 1. The van der Waals surface area contributed by atoms with E-state index in [-0.39, 0.29) is 22.6 Å². The van der Waals surface area contributed by atoms with Crippen molar-refractivity contribution in [1.82, 2.24) is 20.3 Å². The van der Waals surface area contributed by atoms with E-state index in [9.17, 15) is 9.59 Å². The van der Waals surface area contributed by atoms with Crippen molar-refractivity contribution in [2.24, 2.45) is 5.41 Å². The third-order valence-corrected chi connectivity index (χ3v) is 6.34. The molecule has 0 aliphatic heterocycles. The van der Waals surface area contributed by atoms with Gasteiger partial charge in [-0.3, -0.25) is 14.6 Å². The number of nitrogens with zero attached hydrogens (tertiary/aromatic N) is 3. The molecule has 2 fully saturated rings. The van der Waals surface area contributed by atoms with Gasteiger partial charge in [-0.1, -0.05) is 12.5 Å². The molecule has 2 aromatic rings. The van der Waals surface area contributed by atoms with Crippen LogP contribution in [0.2, 0.25) is 0 Å². The van der Waals surface area contributed by atoms with Gasteiger partial charge in [0.05, 0.1) is 0 Å². The van der Waals surface area contributed by atoms with Gasteiger partial charge in [0.2, 0.25) is 0 Å². The number of rotatable bonds is 5. The molecule has 2 saturated carbocycles. The molecule has 2 bridgehead atoms. The fourth-order valence-electron chi connectivity index (χ4n) is 4.98. The second-order valence-electron chi connectivity index (χ2n) is 8.40. The number of pyridine rings is 1. The first-order valence-electron chi connectivity index (χ1n) is 9.98. The predicted molar refractivity (Wildman–Crippen MR) is 105 cm³/mol. The summed E-state index contributed by atoms with van der Waals surface area (Å²) in [7, 11) is 0. The lowest BCUT2D eigenvalue weighted by Gasteiger charge is -2.39. The summed E-state index contributed by atoms with van der Waals surface area (Å²) < 4.78 is 0.